The summed E-state index contributed by atoms with van der Waals surface area (Å²) in [6, 6.07) is 13.8. The number of nitrogens with zero attached hydrogens (tertiary/aromatic N) is 4. The summed E-state index contributed by atoms with van der Waals surface area (Å²) in [6.45, 7) is 0.205. The van der Waals surface area contributed by atoms with Crippen molar-refractivity contribution in [2.24, 2.45) is 5.92 Å². The molecule has 1 aliphatic rings. The van der Waals surface area contributed by atoms with Gasteiger partial charge in [-0.1, -0.05) is 29.8 Å². The lowest BCUT2D eigenvalue weighted by Crippen LogP contribution is -2.40. The van der Waals surface area contributed by atoms with Gasteiger partial charge in [-0.2, -0.15) is 0 Å². The van der Waals surface area contributed by atoms with E-state index in [1.807, 2.05) is 0 Å². The lowest BCUT2D eigenvalue weighted by atomic mass is 10.1. The predicted molar refractivity (Wildman–Crippen MR) is 125 cm³/mol. The van der Waals surface area contributed by atoms with Crippen LogP contribution in [0, 0.1) is 5.92 Å². The maximum absolute atomic E-state index is 13.4. The zero-order valence-corrected chi connectivity index (χ0v) is 18.7. The van der Waals surface area contributed by atoms with E-state index in [2.05, 4.69) is 4.98 Å². The topological polar surface area (TPSA) is 88.1 Å². The number of hydrogen-bond acceptors (Lipinski definition) is 5. The van der Waals surface area contributed by atoms with Crippen LogP contribution in [0.4, 0.5) is 0 Å². The Bertz CT molecular complexity index is 1500. The average molecular weight is 465 g/mol. The van der Waals surface area contributed by atoms with Crippen LogP contribution in [0.25, 0.3) is 16.9 Å². The SMILES string of the molecule is COc1cccc(-n2c(=O)n(CC3CC3)c(=O)c3c2ncn3CC(=O)c2ccccc2Cl)c1. The van der Waals surface area contributed by atoms with Crippen molar-refractivity contribution in [2.75, 3.05) is 7.11 Å². The highest BCUT2D eigenvalue weighted by Crippen LogP contribution is 2.30. The largest absolute Gasteiger partial charge is 0.497 e. The fourth-order valence-electron chi connectivity index (χ4n) is 3.93. The summed E-state index contributed by atoms with van der Waals surface area (Å²) in [5, 5.41) is 0.339. The molecule has 1 saturated carbocycles. The Balaban J connectivity index is 1.70. The Morgan fingerprint density at radius 2 is 1.94 bits per heavy atom. The molecule has 2 aromatic carbocycles. The number of aromatic nitrogens is 4. The van der Waals surface area contributed by atoms with Gasteiger partial charge in [-0.3, -0.25) is 14.2 Å². The first-order chi connectivity index (χ1) is 16.0. The van der Waals surface area contributed by atoms with E-state index in [-0.39, 0.29) is 23.5 Å². The third-order valence-corrected chi connectivity index (χ3v) is 6.17. The van der Waals surface area contributed by atoms with Gasteiger partial charge in [0.15, 0.2) is 16.9 Å². The van der Waals surface area contributed by atoms with E-state index in [1.165, 1.54) is 20.0 Å². The van der Waals surface area contributed by atoms with Crippen molar-refractivity contribution in [3.63, 3.8) is 0 Å². The van der Waals surface area contributed by atoms with E-state index in [9.17, 15) is 14.4 Å². The van der Waals surface area contributed by atoms with E-state index in [0.29, 0.717) is 34.5 Å². The van der Waals surface area contributed by atoms with Gasteiger partial charge >= 0.3 is 5.69 Å². The first-order valence-corrected chi connectivity index (χ1v) is 11.0. The Kier molecular flexibility index (Phi) is 5.38. The number of Topliss-reactive ketones (excluding diaryl/α,β-unsaturated/α-hetero) is 1. The molecule has 0 bridgehead atoms. The van der Waals surface area contributed by atoms with Crippen molar-refractivity contribution in [3.8, 4) is 11.4 Å². The van der Waals surface area contributed by atoms with E-state index >= 15 is 0 Å². The second-order valence-corrected chi connectivity index (χ2v) is 8.53. The summed E-state index contributed by atoms with van der Waals surface area (Å²) in [4.78, 5) is 44.1. The molecule has 0 N–H and O–H groups in total. The van der Waals surface area contributed by atoms with Gasteiger partial charge in [0.2, 0.25) is 0 Å². The third kappa shape index (κ3) is 3.87. The number of fused-ring (bicyclic) bond motifs is 1. The van der Waals surface area contributed by atoms with Crippen molar-refractivity contribution >= 4 is 28.5 Å². The van der Waals surface area contributed by atoms with E-state index in [4.69, 9.17) is 16.3 Å². The number of ether oxygens (including phenoxy) is 1. The third-order valence-electron chi connectivity index (χ3n) is 5.84. The molecule has 9 heteroatoms. The van der Waals surface area contributed by atoms with Gasteiger partial charge in [-0.25, -0.2) is 14.3 Å². The number of imidazole rings is 1. The number of carbonyl (C=O) groups is 1. The quantitative estimate of drug-likeness (QED) is 0.391. The molecule has 0 atom stereocenters. The van der Waals surface area contributed by atoms with Crippen molar-refractivity contribution in [2.45, 2.75) is 25.9 Å². The molecule has 2 aromatic heterocycles. The molecule has 33 heavy (non-hydrogen) atoms. The maximum Gasteiger partial charge on any atom is 0.337 e. The lowest BCUT2D eigenvalue weighted by Gasteiger charge is -2.13. The van der Waals surface area contributed by atoms with Gasteiger partial charge < -0.3 is 9.30 Å². The molecule has 0 spiro atoms. The molecule has 0 saturated heterocycles. The zero-order chi connectivity index (χ0) is 23.1. The first-order valence-electron chi connectivity index (χ1n) is 10.6. The van der Waals surface area contributed by atoms with Crippen LogP contribution < -0.4 is 16.0 Å². The smallest absolute Gasteiger partial charge is 0.337 e. The minimum atomic E-state index is -0.463. The molecule has 8 nitrogen and oxygen atoms in total. The molecular weight excluding hydrogens is 444 g/mol. The molecule has 0 aliphatic heterocycles. The Morgan fingerprint density at radius 1 is 1.15 bits per heavy atom. The Morgan fingerprint density at radius 3 is 2.67 bits per heavy atom. The number of halogens is 1. The molecule has 1 fully saturated rings. The summed E-state index contributed by atoms with van der Waals surface area (Å²) < 4.78 is 9.45. The molecule has 0 unspecified atom stereocenters. The summed E-state index contributed by atoms with van der Waals surface area (Å²) >= 11 is 6.18. The van der Waals surface area contributed by atoms with Crippen molar-refractivity contribution in [1.82, 2.24) is 18.7 Å². The number of methoxy groups -OCH3 is 1. The van der Waals surface area contributed by atoms with Crippen LogP contribution in [0.5, 0.6) is 5.75 Å². The second kappa shape index (κ2) is 8.37. The highest BCUT2D eigenvalue weighted by molar-refractivity contribution is 6.33. The number of ketones is 1. The average Bonchev–Trinajstić information content (AvgIpc) is 3.55. The van der Waals surface area contributed by atoms with Crippen molar-refractivity contribution in [3.05, 3.63) is 86.3 Å². The molecule has 1 aliphatic carbocycles. The Labute approximate surface area is 193 Å². The first kappa shape index (κ1) is 21.2. The molecular formula is C24H21ClN4O4. The fraction of sp³-hybridized carbons (Fsp3) is 0.250. The molecule has 168 valence electrons. The molecule has 5 rings (SSSR count). The Hall–Kier alpha value is -3.65. The van der Waals surface area contributed by atoms with Crippen LogP contribution in [0.15, 0.2) is 64.4 Å². The highest BCUT2D eigenvalue weighted by Gasteiger charge is 2.27. The molecule has 0 amide bonds. The number of benzene rings is 2. The standard InChI is InChI=1S/C24H21ClN4O4/c1-33-17-6-4-5-16(11-17)29-22-21(23(31)28(24(29)32)12-15-9-10-15)27(14-26-22)13-20(30)18-7-2-3-8-19(18)25/h2-8,11,14-15H,9-10,12-13H2,1H3. The maximum atomic E-state index is 13.4. The van der Waals surface area contributed by atoms with Gasteiger partial charge in [0.05, 0.1) is 30.7 Å². The summed E-state index contributed by atoms with van der Waals surface area (Å²) in [5.74, 6) is 0.612. The zero-order valence-electron chi connectivity index (χ0n) is 17.9. The molecule has 4 aromatic rings. The normalized spacial score (nSPS) is 13.4. The van der Waals surface area contributed by atoms with Crippen LogP contribution in [-0.4, -0.2) is 31.6 Å². The number of carbonyl (C=O) groups excluding carboxylic acids is 1. The van der Waals surface area contributed by atoms with Crippen molar-refractivity contribution < 1.29 is 9.53 Å². The number of hydrogen-bond donors (Lipinski definition) is 0. The highest BCUT2D eigenvalue weighted by atomic mass is 35.5. The minimum absolute atomic E-state index is 0.130. The fourth-order valence-corrected chi connectivity index (χ4v) is 4.17. The second-order valence-electron chi connectivity index (χ2n) is 8.13. The van der Waals surface area contributed by atoms with E-state index in [1.54, 1.807) is 55.6 Å². The lowest BCUT2D eigenvalue weighted by molar-refractivity contribution is 0.0973. The van der Waals surface area contributed by atoms with Crippen LogP contribution in [0.1, 0.15) is 23.2 Å². The van der Waals surface area contributed by atoms with Crippen LogP contribution in [0.3, 0.4) is 0 Å². The summed E-state index contributed by atoms with van der Waals surface area (Å²) in [5.41, 5.74) is 0.355. The number of rotatable bonds is 7. The van der Waals surface area contributed by atoms with Gasteiger partial charge in [0.1, 0.15) is 5.75 Å². The van der Waals surface area contributed by atoms with Gasteiger partial charge in [0, 0.05) is 18.2 Å². The summed E-state index contributed by atoms with van der Waals surface area (Å²) in [7, 11) is 1.54. The summed E-state index contributed by atoms with van der Waals surface area (Å²) in [6.07, 6.45) is 3.37. The van der Waals surface area contributed by atoms with E-state index < -0.39 is 11.2 Å². The molecule has 0 radical (unpaired) electrons. The molecule has 2 heterocycles. The predicted octanol–water partition coefficient (Wildman–Crippen LogP) is 3.30. The van der Waals surface area contributed by atoms with Gasteiger partial charge in [-0.05, 0) is 43.0 Å². The van der Waals surface area contributed by atoms with Gasteiger partial charge in [-0.15, -0.1) is 0 Å². The monoisotopic (exact) mass is 464 g/mol. The van der Waals surface area contributed by atoms with Crippen molar-refractivity contribution in [1.29, 1.82) is 0 Å². The van der Waals surface area contributed by atoms with Crippen LogP contribution in [-0.2, 0) is 13.1 Å². The minimum Gasteiger partial charge on any atom is -0.497 e. The van der Waals surface area contributed by atoms with Crippen LogP contribution >= 0.6 is 11.6 Å². The van der Waals surface area contributed by atoms with E-state index in [0.717, 1.165) is 12.8 Å². The van der Waals surface area contributed by atoms with Crippen LogP contribution in [0.2, 0.25) is 5.02 Å². The van der Waals surface area contributed by atoms with Gasteiger partial charge in [0.25, 0.3) is 5.56 Å².